The van der Waals surface area contributed by atoms with Crippen LogP contribution >= 0.6 is 11.8 Å². The van der Waals surface area contributed by atoms with Gasteiger partial charge in [-0.05, 0) is 17.9 Å². The second-order valence-electron chi connectivity index (χ2n) is 4.14. The van der Waals surface area contributed by atoms with Crippen LogP contribution in [0.3, 0.4) is 0 Å². The molecular formula is C14H16N4O4S. The molecule has 2 aromatic heterocycles. The van der Waals surface area contributed by atoms with Gasteiger partial charge in [0.15, 0.2) is 11.4 Å². The molecule has 23 heavy (non-hydrogen) atoms. The van der Waals surface area contributed by atoms with E-state index in [-0.39, 0.29) is 40.1 Å². The molecule has 0 aliphatic rings. The molecule has 2 heterocycles. The first-order valence-electron chi connectivity index (χ1n) is 6.66. The number of rotatable bonds is 6. The monoisotopic (exact) mass is 336 g/mol. The maximum atomic E-state index is 12.1. The van der Waals surface area contributed by atoms with Crippen molar-refractivity contribution in [2.45, 2.75) is 6.92 Å². The van der Waals surface area contributed by atoms with Crippen LogP contribution in [-0.2, 0) is 0 Å². The Hall–Kier alpha value is -2.55. The van der Waals surface area contributed by atoms with E-state index in [0.717, 1.165) is 11.8 Å². The van der Waals surface area contributed by atoms with Gasteiger partial charge in [-0.25, -0.2) is 4.98 Å². The minimum absolute atomic E-state index is 0.0247. The quantitative estimate of drug-likeness (QED) is 0.848. The zero-order valence-electron chi connectivity index (χ0n) is 12.9. The van der Waals surface area contributed by atoms with Crippen molar-refractivity contribution in [3.8, 4) is 23.5 Å². The van der Waals surface area contributed by atoms with Crippen molar-refractivity contribution in [2.24, 2.45) is 0 Å². The normalized spacial score (nSPS) is 10.2. The highest BCUT2D eigenvalue weighted by Crippen LogP contribution is 2.28. The van der Waals surface area contributed by atoms with Crippen LogP contribution in [0.5, 0.6) is 23.5 Å². The average Bonchev–Trinajstić information content (AvgIpc) is 2.56. The molecule has 2 N–H and O–H groups in total. The average molecular weight is 336 g/mol. The van der Waals surface area contributed by atoms with Gasteiger partial charge in [0.25, 0.3) is 0 Å². The van der Waals surface area contributed by atoms with Gasteiger partial charge in [0, 0.05) is 0 Å². The number of hydrogen-bond donors (Lipinski definition) is 1. The van der Waals surface area contributed by atoms with Crippen LogP contribution in [0, 0.1) is 0 Å². The summed E-state index contributed by atoms with van der Waals surface area (Å²) in [5.41, 5.74) is 5.76. The van der Waals surface area contributed by atoms with Crippen LogP contribution < -0.4 is 19.9 Å². The smallest absolute Gasteiger partial charge is 0.328 e. The minimum atomic E-state index is -0.246. The number of ether oxygens (including phenoxy) is 3. The summed E-state index contributed by atoms with van der Waals surface area (Å²) >= 11 is 1.11. The second-order valence-corrected chi connectivity index (χ2v) is 5.38. The van der Waals surface area contributed by atoms with Crippen molar-refractivity contribution in [1.82, 2.24) is 15.0 Å². The molecule has 0 saturated carbocycles. The van der Waals surface area contributed by atoms with Crippen molar-refractivity contribution in [3.05, 3.63) is 23.9 Å². The summed E-state index contributed by atoms with van der Waals surface area (Å²) in [6, 6.07) is 4.55. The third kappa shape index (κ3) is 4.22. The van der Waals surface area contributed by atoms with Gasteiger partial charge in [0.2, 0.25) is 16.9 Å². The summed E-state index contributed by atoms with van der Waals surface area (Å²) < 4.78 is 15.7. The number of nitrogens with zero attached hydrogens (tertiary/aromatic N) is 3. The molecular weight excluding hydrogens is 320 g/mol. The fraction of sp³-hybridized carbons (Fsp3) is 0.286. The molecule has 0 radical (unpaired) electrons. The number of carbonyl (C=O) groups excluding carboxylic acids is 1. The Kier molecular flexibility index (Phi) is 5.58. The topological polar surface area (TPSA) is 109 Å². The Bertz CT molecular complexity index is 689. The number of nitrogens with two attached hydrogens (primary N) is 1. The molecule has 0 fully saturated rings. The van der Waals surface area contributed by atoms with E-state index in [9.17, 15) is 4.79 Å². The lowest BCUT2D eigenvalue weighted by Gasteiger charge is -2.10. The molecule has 0 aromatic carbocycles. The van der Waals surface area contributed by atoms with Gasteiger partial charge in [-0.2, -0.15) is 9.97 Å². The van der Waals surface area contributed by atoms with Gasteiger partial charge in [0.05, 0.1) is 20.3 Å². The summed E-state index contributed by atoms with van der Waals surface area (Å²) in [6.07, 6.45) is 0. The zero-order chi connectivity index (χ0) is 16.8. The van der Waals surface area contributed by atoms with E-state index in [2.05, 4.69) is 15.0 Å². The van der Waals surface area contributed by atoms with E-state index in [1.807, 2.05) is 6.92 Å². The molecule has 0 spiro atoms. The Morgan fingerprint density at radius 2 is 1.83 bits per heavy atom. The van der Waals surface area contributed by atoms with Crippen LogP contribution in [0.2, 0.25) is 0 Å². The summed E-state index contributed by atoms with van der Waals surface area (Å²) in [7, 11) is 2.92. The van der Waals surface area contributed by atoms with Crippen LogP contribution in [-0.4, -0.2) is 40.0 Å². The van der Waals surface area contributed by atoms with Gasteiger partial charge in [-0.1, -0.05) is 18.7 Å². The van der Waals surface area contributed by atoms with Gasteiger partial charge in [0.1, 0.15) is 5.82 Å². The molecule has 9 heteroatoms. The molecule has 0 unspecified atom stereocenters. The lowest BCUT2D eigenvalue weighted by molar-refractivity contribution is 0.108. The molecule has 8 nitrogen and oxygen atoms in total. The lowest BCUT2D eigenvalue weighted by atomic mass is 10.3. The van der Waals surface area contributed by atoms with Gasteiger partial charge < -0.3 is 19.9 Å². The van der Waals surface area contributed by atoms with Gasteiger partial charge in [-0.15, -0.1) is 0 Å². The first kappa shape index (κ1) is 16.8. The maximum Gasteiger partial charge on any atom is 0.328 e. The standard InChI is InChI=1S/C14H16N4O4S/c1-4-23-13(19)12-8(5-6-9(15)16-12)22-14-17-10(20-2)7-11(18-14)21-3/h5-7H,4H2,1-3H3,(H2,15,16). The van der Waals surface area contributed by atoms with Crippen molar-refractivity contribution < 1.29 is 19.0 Å². The fourth-order valence-electron chi connectivity index (χ4n) is 1.63. The molecule has 2 aromatic rings. The second kappa shape index (κ2) is 7.63. The SMILES string of the molecule is CCSC(=O)c1nc(N)ccc1Oc1nc(OC)cc(OC)n1. The van der Waals surface area contributed by atoms with Crippen molar-refractivity contribution in [2.75, 3.05) is 25.7 Å². The maximum absolute atomic E-state index is 12.1. The van der Waals surface area contributed by atoms with Crippen molar-refractivity contribution >= 4 is 22.7 Å². The number of methoxy groups -OCH3 is 2. The first-order valence-corrected chi connectivity index (χ1v) is 7.64. The molecule has 0 amide bonds. The van der Waals surface area contributed by atoms with Crippen LogP contribution in [0.4, 0.5) is 5.82 Å². The Balaban J connectivity index is 2.38. The van der Waals surface area contributed by atoms with Crippen molar-refractivity contribution in [1.29, 1.82) is 0 Å². The molecule has 2 rings (SSSR count). The predicted molar refractivity (Wildman–Crippen MR) is 86.3 cm³/mol. The first-order chi connectivity index (χ1) is 11.1. The van der Waals surface area contributed by atoms with E-state index in [1.54, 1.807) is 6.07 Å². The number of carbonyl (C=O) groups is 1. The lowest BCUT2D eigenvalue weighted by Crippen LogP contribution is -2.05. The van der Waals surface area contributed by atoms with E-state index in [0.29, 0.717) is 5.75 Å². The molecule has 0 atom stereocenters. The van der Waals surface area contributed by atoms with E-state index >= 15 is 0 Å². The number of aromatic nitrogens is 3. The third-order valence-electron chi connectivity index (χ3n) is 2.63. The zero-order valence-corrected chi connectivity index (χ0v) is 13.7. The van der Waals surface area contributed by atoms with Crippen molar-refractivity contribution in [3.63, 3.8) is 0 Å². The number of thioether (sulfide) groups is 1. The number of pyridine rings is 1. The van der Waals surface area contributed by atoms with Gasteiger partial charge in [-0.3, -0.25) is 4.79 Å². The summed E-state index contributed by atoms with van der Waals surface area (Å²) in [6.45, 7) is 1.87. The summed E-state index contributed by atoms with van der Waals surface area (Å²) in [5.74, 6) is 1.58. The van der Waals surface area contributed by atoms with Gasteiger partial charge >= 0.3 is 6.01 Å². The molecule has 122 valence electrons. The summed E-state index contributed by atoms with van der Waals surface area (Å²) in [5, 5.41) is -0.246. The molecule has 0 aliphatic heterocycles. The van der Waals surface area contributed by atoms with E-state index < -0.39 is 0 Å². The predicted octanol–water partition coefficient (Wildman–Crippen LogP) is 2.16. The summed E-state index contributed by atoms with van der Waals surface area (Å²) in [4.78, 5) is 24.3. The Morgan fingerprint density at radius 3 is 2.39 bits per heavy atom. The van der Waals surface area contributed by atoms with E-state index in [4.69, 9.17) is 19.9 Å². The Morgan fingerprint density at radius 1 is 1.17 bits per heavy atom. The minimum Gasteiger partial charge on any atom is -0.481 e. The van der Waals surface area contributed by atoms with Crippen LogP contribution in [0.25, 0.3) is 0 Å². The Labute approximate surface area is 137 Å². The highest BCUT2D eigenvalue weighted by atomic mass is 32.2. The molecule has 0 saturated heterocycles. The number of anilines is 1. The number of nitrogen functional groups attached to an aromatic ring is 1. The third-order valence-corrected chi connectivity index (χ3v) is 3.37. The fourth-order valence-corrected chi connectivity index (χ4v) is 2.17. The molecule has 0 aliphatic carbocycles. The largest absolute Gasteiger partial charge is 0.481 e. The number of hydrogen-bond acceptors (Lipinski definition) is 9. The van der Waals surface area contributed by atoms with Crippen LogP contribution in [0.1, 0.15) is 17.4 Å². The molecule has 0 bridgehead atoms. The highest BCUT2D eigenvalue weighted by molar-refractivity contribution is 8.14. The van der Waals surface area contributed by atoms with E-state index in [1.165, 1.54) is 26.4 Å². The highest BCUT2D eigenvalue weighted by Gasteiger charge is 2.17. The van der Waals surface area contributed by atoms with Crippen LogP contribution in [0.15, 0.2) is 18.2 Å².